The van der Waals surface area contributed by atoms with Crippen LogP contribution < -0.4 is 0 Å². The molecule has 5 nitrogen and oxygen atoms in total. The molecule has 136 valence electrons. The molecule has 5 heteroatoms. The Morgan fingerprint density at radius 2 is 1.89 bits per heavy atom. The van der Waals surface area contributed by atoms with Gasteiger partial charge in [-0.25, -0.2) is 4.98 Å². The van der Waals surface area contributed by atoms with Crippen LogP contribution in [0.15, 0.2) is 73.1 Å². The molecular weight excluding hydrogens is 336 g/mol. The summed E-state index contributed by atoms with van der Waals surface area (Å²) in [6, 6.07) is 20.1. The van der Waals surface area contributed by atoms with Gasteiger partial charge in [0.1, 0.15) is 12.4 Å². The summed E-state index contributed by atoms with van der Waals surface area (Å²) in [6.07, 6.45) is 3.58. The van der Waals surface area contributed by atoms with Gasteiger partial charge in [-0.1, -0.05) is 48.5 Å². The lowest BCUT2D eigenvalue weighted by atomic mass is 10.2. The molecule has 4 rings (SSSR count). The van der Waals surface area contributed by atoms with Crippen molar-refractivity contribution >= 4 is 16.8 Å². The number of fused-ring (bicyclic) bond motifs is 1. The zero-order valence-electron chi connectivity index (χ0n) is 15.5. The van der Waals surface area contributed by atoms with Gasteiger partial charge in [-0.05, 0) is 24.4 Å². The summed E-state index contributed by atoms with van der Waals surface area (Å²) in [5, 5.41) is 1.15. The number of carbonyl (C=O) groups excluding carboxylic acids is 1. The van der Waals surface area contributed by atoms with Crippen molar-refractivity contribution in [1.29, 1.82) is 0 Å². The van der Waals surface area contributed by atoms with E-state index in [1.54, 1.807) is 11.1 Å². The van der Waals surface area contributed by atoms with Gasteiger partial charge in [0.25, 0.3) is 0 Å². The van der Waals surface area contributed by atoms with Crippen molar-refractivity contribution in [2.75, 3.05) is 7.05 Å². The first-order valence-electron chi connectivity index (χ1n) is 9.03. The van der Waals surface area contributed by atoms with Gasteiger partial charge in [0.05, 0.1) is 6.04 Å². The number of hydrogen-bond acceptors (Lipinski definition) is 2. The third-order valence-electron chi connectivity index (χ3n) is 5.03. The second kappa shape index (κ2) is 7.11. The van der Waals surface area contributed by atoms with E-state index in [4.69, 9.17) is 0 Å². The Labute approximate surface area is 158 Å². The molecule has 1 amide bonds. The number of nitrogens with zero attached hydrogens (tertiary/aromatic N) is 3. The predicted octanol–water partition coefficient (Wildman–Crippen LogP) is 4.25. The molecule has 2 aromatic heterocycles. The first-order valence-corrected chi connectivity index (χ1v) is 9.03. The zero-order valence-corrected chi connectivity index (χ0v) is 15.5. The molecule has 1 unspecified atom stereocenters. The third kappa shape index (κ3) is 3.36. The first kappa shape index (κ1) is 17.1. The van der Waals surface area contributed by atoms with E-state index in [0.29, 0.717) is 0 Å². The minimum Gasteiger partial charge on any atom is -0.357 e. The van der Waals surface area contributed by atoms with Gasteiger partial charge in [0, 0.05) is 36.2 Å². The lowest BCUT2D eigenvalue weighted by Gasteiger charge is -2.24. The molecule has 0 bridgehead atoms. The number of amides is 1. The maximum Gasteiger partial charge on any atom is 0.242 e. The zero-order chi connectivity index (χ0) is 18.8. The Morgan fingerprint density at radius 3 is 2.67 bits per heavy atom. The standard InChI is InChI=1S/C22H22N4O/c1-16(20-14-18-10-6-7-11-19(18)24-20)25(2)21(27)15-26-13-12-23-22(26)17-8-4-3-5-9-17/h3-14,16,24H,15H2,1-2H3. The van der Waals surface area contributed by atoms with Crippen molar-refractivity contribution in [3.8, 4) is 11.4 Å². The Bertz CT molecular complexity index is 1030. The highest BCUT2D eigenvalue weighted by Gasteiger charge is 2.20. The second-order valence-corrected chi connectivity index (χ2v) is 6.74. The van der Waals surface area contributed by atoms with E-state index in [-0.39, 0.29) is 18.5 Å². The molecule has 2 aromatic carbocycles. The monoisotopic (exact) mass is 358 g/mol. The number of benzene rings is 2. The molecule has 0 aliphatic carbocycles. The van der Waals surface area contributed by atoms with Crippen LogP contribution in [0.4, 0.5) is 0 Å². The molecular formula is C22H22N4O. The van der Waals surface area contributed by atoms with E-state index < -0.39 is 0 Å². The number of para-hydroxylation sites is 1. The molecule has 0 saturated carbocycles. The highest BCUT2D eigenvalue weighted by Crippen LogP contribution is 2.24. The Hall–Kier alpha value is -3.34. The first-order chi connectivity index (χ1) is 13.1. The minimum absolute atomic E-state index is 0.0383. The number of nitrogens with one attached hydrogen (secondary N) is 1. The van der Waals surface area contributed by atoms with E-state index in [0.717, 1.165) is 28.0 Å². The maximum absolute atomic E-state index is 12.9. The average Bonchev–Trinajstić information content (AvgIpc) is 3.34. The topological polar surface area (TPSA) is 53.9 Å². The van der Waals surface area contributed by atoms with Gasteiger partial charge >= 0.3 is 0 Å². The number of imidazole rings is 1. The van der Waals surface area contributed by atoms with Crippen molar-refractivity contribution in [3.05, 3.63) is 78.8 Å². The maximum atomic E-state index is 12.9. The number of aromatic amines is 1. The molecule has 0 spiro atoms. The van der Waals surface area contributed by atoms with Crippen molar-refractivity contribution in [3.63, 3.8) is 0 Å². The summed E-state index contributed by atoms with van der Waals surface area (Å²) in [6.45, 7) is 2.29. The third-order valence-corrected chi connectivity index (χ3v) is 5.03. The fraction of sp³-hybridized carbons (Fsp3) is 0.182. The van der Waals surface area contributed by atoms with E-state index >= 15 is 0 Å². The summed E-state index contributed by atoms with van der Waals surface area (Å²) < 4.78 is 1.89. The van der Waals surface area contributed by atoms with Crippen LogP contribution in [0, 0.1) is 0 Å². The van der Waals surface area contributed by atoms with Crippen molar-refractivity contribution in [1.82, 2.24) is 19.4 Å². The molecule has 0 fully saturated rings. The summed E-state index contributed by atoms with van der Waals surface area (Å²) >= 11 is 0. The quantitative estimate of drug-likeness (QED) is 0.580. The normalized spacial score (nSPS) is 12.2. The van der Waals surface area contributed by atoms with Crippen molar-refractivity contribution < 1.29 is 4.79 Å². The number of carbonyl (C=O) groups is 1. The summed E-state index contributed by atoms with van der Waals surface area (Å²) in [7, 11) is 1.84. The molecule has 4 aromatic rings. The van der Waals surface area contributed by atoms with Crippen LogP contribution in [-0.2, 0) is 11.3 Å². The number of hydrogen-bond donors (Lipinski definition) is 1. The van der Waals surface area contributed by atoms with Gasteiger partial charge in [-0.15, -0.1) is 0 Å². The number of H-pyrrole nitrogens is 1. The molecule has 0 aliphatic rings. The van der Waals surface area contributed by atoms with Crippen LogP contribution >= 0.6 is 0 Å². The number of likely N-dealkylation sites (N-methyl/N-ethyl adjacent to an activating group) is 1. The smallest absolute Gasteiger partial charge is 0.242 e. The molecule has 0 radical (unpaired) electrons. The van der Waals surface area contributed by atoms with Crippen LogP contribution in [-0.4, -0.2) is 32.4 Å². The lowest BCUT2D eigenvalue weighted by molar-refractivity contribution is -0.132. The summed E-state index contributed by atoms with van der Waals surface area (Å²) in [5.74, 6) is 0.840. The Morgan fingerprint density at radius 1 is 1.15 bits per heavy atom. The predicted molar refractivity (Wildman–Crippen MR) is 107 cm³/mol. The van der Waals surface area contributed by atoms with E-state index in [9.17, 15) is 4.79 Å². The Balaban J connectivity index is 1.52. The van der Waals surface area contributed by atoms with E-state index in [1.165, 1.54) is 0 Å². The van der Waals surface area contributed by atoms with Crippen LogP contribution in [0.2, 0.25) is 0 Å². The van der Waals surface area contributed by atoms with Crippen LogP contribution in [0.5, 0.6) is 0 Å². The highest BCUT2D eigenvalue weighted by atomic mass is 16.2. The average molecular weight is 358 g/mol. The summed E-state index contributed by atoms with van der Waals surface area (Å²) in [5.41, 5.74) is 3.11. The molecule has 2 heterocycles. The fourth-order valence-electron chi connectivity index (χ4n) is 3.29. The van der Waals surface area contributed by atoms with Crippen molar-refractivity contribution in [2.45, 2.75) is 19.5 Å². The van der Waals surface area contributed by atoms with E-state index in [1.807, 2.05) is 73.3 Å². The van der Waals surface area contributed by atoms with Gasteiger partial charge in [0.2, 0.25) is 5.91 Å². The largest absolute Gasteiger partial charge is 0.357 e. The Kier molecular flexibility index (Phi) is 4.50. The molecule has 0 saturated heterocycles. The minimum atomic E-state index is -0.0476. The summed E-state index contributed by atoms with van der Waals surface area (Å²) in [4.78, 5) is 22.5. The highest BCUT2D eigenvalue weighted by molar-refractivity contribution is 5.81. The van der Waals surface area contributed by atoms with Gasteiger partial charge < -0.3 is 14.5 Å². The number of aromatic nitrogens is 3. The molecule has 1 N–H and O–H groups in total. The van der Waals surface area contributed by atoms with Crippen LogP contribution in [0.3, 0.4) is 0 Å². The molecule has 27 heavy (non-hydrogen) atoms. The van der Waals surface area contributed by atoms with Gasteiger partial charge in [-0.2, -0.15) is 0 Å². The van der Waals surface area contributed by atoms with Crippen LogP contribution in [0.25, 0.3) is 22.3 Å². The molecule has 0 aliphatic heterocycles. The van der Waals surface area contributed by atoms with Gasteiger partial charge in [0.15, 0.2) is 0 Å². The number of rotatable bonds is 5. The fourth-order valence-corrected chi connectivity index (χ4v) is 3.29. The second-order valence-electron chi connectivity index (χ2n) is 6.74. The van der Waals surface area contributed by atoms with E-state index in [2.05, 4.69) is 22.1 Å². The van der Waals surface area contributed by atoms with Gasteiger partial charge in [-0.3, -0.25) is 4.79 Å². The SMILES string of the molecule is CC(c1cc2ccccc2[nH]1)N(C)C(=O)Cn1ccnc1-c1ccccc1. The lowest BCUT2D eigenvalue weighted by Crippen LogP contribution is -2.32. The van der Waals surface area contributed by atoms with Crippen LogP contribution in [0.1, 0.15) is 18.7 Å². The van der Waals surface area contributed by atoms with Crippen molar-refractivity contribution in [2.24, 2.45) is 0 Å². The molecule has 1 atom stereocenters.